The van der Waals surface area contributed by atoms with Crippen LogP contribution < -0.4 is 0 Å². The van der Waals surface area contributed by atoms with Crippen molar-refractivity contribution in [1.29, 1.82) is 0 Å². The molecule has 1 aliphatic rings. The van der Waals surface area contributed by atoms with Crippen LogP contribution >= 0.6 is 11.8 Å². The van der Waals surface area contributed by atoms with Gasteiger partial charge in [0, 0.05) is 10.8 Å². The predicted octanol–water partition coefficient (Wildman–Crippen LogP) is 2.41. The summed E-state index contributed by atoms with van der Waals surface area (Å²) in [7, 11) is 0. The molecule has 13 heavy (non-hydrogen) atoms. The molecule has 1 aliphatic heterocycles. The molecule has 6 heteroatoms. The molecule has 0 saturated carbocycles. The van der Waals surface area contributed by atoms with Crippen LogP contribution in [0.3, 0.4) is 0 Å². The topological polar surface area (TPSA) is 37.3 Å². The lowest BCUT2D eigenvalue weighted by atomic mass is 10.1. The van der Waals surface area contributed by atoms with E-state index in [0.29, 0.717) is 0 Å². The summed E-state index contributed by atoms with van der Waals surface area (Å²) in [6.45, 7) is 0. The highest BCUT2D eigenvalue weighted by molar-refractivity contribution is 8.03. The molecule has 1 unspecified atom stereocenters. The molecule has 0 saturated heterocycles. The number of carboxylic acid groups (broad SMARTS) is 1. The highest BCUT2D eigenvalue weighted by Crippen LogP contribution is 2.37. The summed E-state index contributed by atoms with van der Waals surface area (Å²) in [6, 6.07) is 0. The van der Waals surface area contributed by atoms with Crippen LogP contribution in [-0.4, -0.2) is 22.5 Å². The summed E-state index contributed by atoms with van der Waals surface area (Å²) in [4.78, 5) is 10.3. The largest absolute Gasteiger partial charge is 0.478 e. The summed E-state index contributed by atoms with van der Waals surface area (Å²) >= 11 is 0.943. The van der Waals surface area contributed by atoms with Crippen LogP contribution in [0.2, 0.25) is 0 Å². The van der Waals surface area contributed by atoms with Crippen LogP contribution in [0.4, 0.5) is 13.2 Å². The third-order valence-electron chi connectivity index (χ3n) is 1.58. The Morgan fingerprint density at radius 3 is 2.69 bits per heavy atom. The van der Waals surface area contributed by atoms with Gasteiger partial charge in [0.1, 0.15) is 0 Å². The molecule has 0 amide bonds. The van der Waals surface area contributed by atoms with E-state index in [-0.39, 0.29) is 12.0 Å². The van der Waals surface area contributed by atoms with Crippen LogP contribution in [0, 0.1) is 0 Å². The maximum atomic E-state index is 11.9. The number of hydrogen-bond donors (Lipinski definition) is 1. The van der Waals surface area contributed by atoms with Crippen molar-refractivity contribution in [1.82, 2.24) is 0 Å². The molecule has 0 aromatic carbocycles. The summed E-state index contributed by atoms with van der Waals surface area (Å²) in [5.74, 6) is -1.13. The quantitative estimate of drug-likeness (QED) is 0.763. The second-order valence-electron chi connectivity index (χ2n) is 2.73. The summed E-state index contributed by atoms with van der Waals surface area (Å²) in [6.07, 6.45) is -5.14. The number of carbonyl (C=O) groups is 1. The van der Waals surface area contributed by atoms with Gasteiger partial charge in [-0.05, 0) is 11.8 Å². The fourth-order valence-electron chi connectivity index (χ4n) is 1.04. The van der Waals surface area contributed by atoms with Gasteiger partial charge in [0.15, 0.2) is 0 Å². The minimum Gasteiger partial charge on any atom is -0.478 e. The van der Waals surface area contributed by atoms with E-state index >= 15 is 0 Å². The standard InChI is InChI=1S/C7H7F3O2S/c8-7(9,10)2-5-1-4(3-13-5)6(11)12/h3,5H,1-2H2,(H,11,12). The average molecular weight is 212 g/mol. The van der Waals surface area contributed by atoms with Crippen molar-refractivity contribution in [2.45, 2.75) is 24.3 Å². The maximum Gasteiger partial charge on any atom is 0.390 e. The van der Waals surface area contributed by atoms with Crippen LogP contribution in [0.25, 0.3) is 0 Å². The second kappa shape index (κ2) is 3.61. The van der Waals surface area contributed by atoms with Crippen molar-refractivity contribution in [2.24, 2.45) is 0 Å². The van der Waals surface area contributed by atoms with E-state index < -0.39 is 23.8 Å². The SMILES string of the molecule is O=C(O)C1=CSC(CC(F)(F)F)C1. The molecule has 1 N–H and O–H groups in total. The van der Waals surface area contributed by atoms with Crippen molar-refractivity contribution in [3.05, 3.63) is 11.0 Å². The minimum atomic E-state index is -4.21. The van der Waals surface area contributed by atoms with Gasteiger partial charge in [-0.2, -0.15) is 13.2 Å². The molecular formula is C7H7F3O2S. The number of thioether (sulfide) groups is 1. The van der Waals surface area contributed by atoms with Crippen LogP contribution in [-0.2, 0) is 4.79 Å². The molecular weight excluding hydrogens is 205 g/mol. The first-order valence-electron chi connectivity index (χ1n) is 3.53. The fraction of sp³-hybridized carbons (Fsp3) is 0.571. The number of rotatable bonds is 2. The van der Waals surface area contributed by atoms with Gasteiger partial charge < -0.3 is 5.11 Å². The lowest BCUT2D eigenvalue weighted by molar-refractivity contribution is -0.136. The number of aliphatic carboxylic acids is 1. The number of halogens is 3. The average Bonchev–Trinajstić information content (AvgIpc) is 2.31. The molecule has 0 aromatic heterocycles. The van der Waals surface area contributed by atoms with Gasteiger partial charge in [-0.1, -0.05) is 0 Å². The zero-order chi connectivity index (χ0) is 10.1. The van der Waals surface area contributed by atoms with Gasteiger partial charge in [0.05, 0.1) is 6.42 Å². The van der Waals surface area contributed by atoms with Gasteiger partial charge in [0.2, 0.25) is 0 Å². The van der Waals surface area contributed by atoms with Gasteiger partial charge >= 0.3 is 12.1 Å². The Labute approximate surface area is 76.8 Å². The van der Waals surface area contributed by atoms with E-state index in [2.05, 4.69) is 0 Å². The van der Waals surface area contributed by atoms with E-state index in [0.717, 1.165) is 11.8 Å². The van der Waals surface area contributed by atoms with Crippen molar-refractivity contribution in [2.75, 3.05) is 0 Å². The van der Waals surface area contributed by atoms with E-state index in [1.807, 2.05) is 0 Å². The van der Waals surface area contributed by atoms with Crippen LogP contribution in [0.1, 0.15) is 12.8 Å². The zero-order valence-corrected chi connectivity index (χ0v) is 7.28. The van der Waals surface area contributed by atoms with E-state index in [9.17, 15) is 18.0 Å². The fourth-order valence-corrected chi connectivity index (χ4v) is 2.15. The Kier molecular flexibility index (Phi) is 2.90. The van der Waals surface area contributed by atoms with E-state index in [1.54, 1.807) is 0 Å². The Balaban J connectivity index is 2.42. The molecule has 0 fully saturated rings. The van der Waals surface area contributed by atoms with Crippen LogP contribution in [0.5, 0.6) is 0 Å². The molecule has 0 radical (unpaired) electrons. The second-order valence-corrected chi connectivity index (χ2v) is 3.90. The van der Waals surface area contributed by atoms with Gasteiger partial charge in [-0.3, -0.25) is 0 Å². The first-order valence-corrected chi connectivity index (χ1v) is 4.47. The molecule has 0 spiro atoms. The van der Waals surface area contributed by atoms with Gasteiger partial charge in [-0.25, -0.2) is 4.79 Å². The smallest absolute Gasteiger partial charge is 0.390 e. The van der Waals surface area contributed by atoms with E-state index in [1.165, 1.54) is 5.41 Å². The predicted molar refractivity (Wildman–Crippen MR) is 42.4 cm³/mol. The molecule has 0 aromatic rings. The normalized spacial score (nSPS) is 23.0. The lowest BCUT2D eigenvalue weighted by Crippen LogP contribution is -2.16. The van der Waals surface area contributed by atoms with Crippen LogP contribution in [0.15, 0.2) is 11.0 Å². The summed E-state index contributed by atoms with van der Waals surface area (Å²) < 4.78 is 35.6. The Hall–Kier alpha value is -0.650. The highest BCUT2D eigenvalue weighted by Gasteiger charge is 2.35. The Bertz CT molecular complexity index is 247. The summed E-state index contributed by atoms with van der Waals surface area (Å²) in [5, 5.41) is 9.10. The van der Waals surface area contributed by atoms with Crippen molar-refractivity contribution in [3.63, 3.8) is 0 Å². The third-order valence-corrected chi connectivity index (χ3v) is 2.72. The highest BCUT2D eigenvalue weighted by atomic mass is 32.2. The van der Waals surface area contributed by atoms with Crippen molar-refractivity contribution < 1.29 is 23.1 Å². The van der Waals surface area contributed by atoms with Gasteiger partial charge in [0.25, 0.3) is 0 Å². The summed E-state index contributed by atoms with van der Waals surface area (Å²) in [5.41, 5.74) is 0.0688. The first kappa shape index (κ1) is 10.4. The Morgan fingerprint density at radius 2 is 2.31 bits per heavy atom. The lowest BCUT2D eigenvalue weighted by Gasteiger charge is -2.11. The molecule has 1 rings (SSSR count). The van der Waals surface area contributed by atoms with Gasteiger partial charge in [-0.15, -0.1) is 11.8 Å². The third kappa shape index (κ3) is 3.30. The molecule has 1 atom stereocenters. The number of carboxylic acids is 1. The molecule has 0 bridgehead atoms. The van der Waals surface area contributed by atoms with Crippen molar-refractivity contribution >= 4 is 17.7 Å². The van der Waals surface area contributed by atoms with Crippen molar-refractivity contribution in [3.8, 4) is 0 Å². The zero-order valence-electron chi connectivity index (χ0n) is 6.47. The maximum absolute atomic E-state index is 11.9. The Morgan fingerprint density at radius 1 is 1.69 bits per heavy atom. The molecule has 0 aliphatic carbocycles. The minimum absolute atomic E-state index is 0.000486. The molecule has 2 nitrogen and oxygen atoms in total. The van der Waals surface area contributed by atoms with E-state index in [4.69, 9.17) is 5.11 Å². The molecule has 74 valence electrons. The monoisotopic (exact) mass is 212 g/mol. The first-order chi connectivity index (χ1) is 5.88. The number of alkyl halides is 3. The molecule has 1 heterocycles. The number of hydrogen-bond acceptors (Lipinski definition) is 2.